The van der Waals surface area contributed by atoms with Gasteiger partial charge in [0, 0.05) is 19.6 Å². The van der Waals surface area contributed by atoms with E-state index in [1.165, 1.54) is 12.8 Å². The summed E-state index contributed by atoms with van der Waals surface area (Å²) in [6, 6.07) is 0. The van der Waals surface area contributed by atoms with Crippen LogP contribution in [0.15, 0.2) is 0 Å². The zero-order chi connectivity index (χ0) is 9.94. The second kappa shape index (κ2) is 9.96. The molecule has 0 aliphatic carbocycles. The number of nitrogens with one attached hydrogen (secondary N) is 2. The normalized spacial score (nSPS) is 13.2. The Balaban J connectivity index is 2.91. The smallest absolute Gasteiger partial charge is 0.0662 e. The maximum atomic E-state index is 9.22. The Bertz CT molecular complexity index is 98.9. The van der Waals surface area contributed by atoms with E-state index in [9.17, 15) is 5.11 Å². The summed E-state index contributed by atoms with van der Waals surface area (Å²) in [4.78, 5) is 0. The maximum absolute atomic E-state index is 9.22. The van der Waals surface area contributed by atoms with Crippen LogP contribution in [0.1, 0.15) is 33.1 Å². The van der Waals surface area contributed by atoms with Crippen molar-refractivity contribution in [3.05, 3.63) is 0 Å². The Morgan fingerprint density at radius 1 is 1.08 bits per heavy atom. The monoisotopic (exact) mass is 188 g/mol. The van der Waals surface area contributed by atoms with Crippen LogP contribution in [0.2, 0.25) is 0 Å². The molecule has 0 aromatic rings. The molecule has 0 aromatic carbocycles. The highest BCUT2D eigenvalue weighted by atomic mass is 16.3. The van der Waals surface area contributed by atoms with Crippen molar-refractivity contribution in [2.45, 2.75) is 39.2 Å². The van der Waals surface area contributed by atoms with Crippen LogP contribution in [-0.4, -0.2) is 37.4 Å². The molecular weight excluding hydrogens is 164 g/mol. The van der Waals surface area contributed by atoms with Gasteiger partial charge < -0.3 is 15.7 Å². The van der Waals surface area contributed by atoms with Gasteiger partial charge in [-0.2, -0.15) is 0 Å². The maximum Gasteiger partial charge on any atom is 0.0662 e. The summed E-state index contributed by atoms with van der Waals surface area (Å²) in [7, 11) is 0. The fraction of sp³-hybridized carbons (Fsp3) is 1.00. The molecule has 0 aromatic heterocycles. The molecule has 0 saturated carbocycles. The van der Waals surface area contributed by atoms with Gasteiger partial charge in [-0.3, -0.25) is 0 Å². The molecule has 0 radical (unpaired) electrons. The van der Waals surface area contributed by atoms with Gasteiger partial charge in [0.2, 0.25) is 0 Å². The average molecular weight is 188 g/mol. The fourth-order valence-electron chi connectivity index (χ4n) is 1.02. The van der Waals surface area contributed by atoms with Gasteiger partial charge in [-0.15, -0.1) is 0 Å². The van der Waals surface area contributed by atoms with Crippen molar-refractivity contribution in [3.63, 3.8) is 0 Å². The number of aliphatic hydroxyl groups is 1. The molecule has 80 valence electrons. The Hall–Kier alpha value is -0.120. The SMILES string of the molecule is CCCCNCCNCC(O)CC. The molecule has 0 aliphatic heterocycles. The minimum atomic E-state index is -0.185. The van der Waals surface area contributed by atoms with Crippen LogP contribution in [-0.2, 0) is 0 Å². The van der Waals surface area contributed by atoms with Gasteiger partial charge >= 0.3 is 0 Å². The summed E-state index contributed by atoms with van der Waals surface area (Å²) in [5.74, 6) is 0. The highest BCUT2D eigenvalue weighted by Crippen LogP contribution is 1.85. The van der Waals surface area contributed by atoms with Crippen LogP contribution in [0.4, 0.5) is 0 Å². The number of rotatable bonds is 9. The zero-order valence-electron chi connectivity index (χ0n) is 8.97. The van der Waals surface area contributed by atoms with E-state index >= 15 is 0 Å². The van der Waals surface area contributed by atoms with Gasteiger partial charge in [0.15, 0.2) is 0 Å². The lowest BCUT2D eigenvalue weighted by atomic mass is 10.3. The lowest BCUT2D eigenvalue weighted by Crippen LogP contribution is -2.32. The molecule has 0 fully saturated rings. The summed E-state index contributed by atoms with van der Waals surface area (Å²) in [5, 5.41) is 15.8. The van der Waals surface area contributed by atoms with Crippen molar-refractivity contribution in [2.75, 3.05) is 26.2 Å². The summed E-state index contributed by atoms with van der Waals surface area (Å²) >= 11 is 0. The van der Waals surface area contributed by atoms with Crippen LogP contribution in [0, 0.1) is 0 Å². The van der Waals surface area contributed by atoms with Crippen molar-refractivity contribution in [1.82, 2.24) is 10.6 Å². The standard InChI is InChI=1S/C10H24N2O/c1-3-5-6-11-7-8-12-9-10(13)4-2/h10-13H,3-9H2,1-2H3. The molecule has 0 aliphatic rings. The molecular formula is C10H24N2O. The number of hydrogen-bond donors (Lipinski definition) is 3. The van der Waals surface area contributed by atoms with Gasteiger partial charge in [-0.25, -0.2) is 0 Å². The van der Waals surface area contributed by atoms with Crippen molar-refractivity contribution >= 4 is 0 Å². The fourth-order valence-corrected chi connectivity index (χ4v) is 1.02. The first-order chi connectivity index (χ1) is 6.31. The van der Waals surface area contributed by atoms with Gasteiger partial charge in [0.25, 0.3) is 0 Å². The third kappa shape index (κ3) is 9.80. The lowest BCUT2D eigenvalue weighted by molar-refractivity contribution is 0.167. The van der Waals surface area contributed by atoms with E-state index in [1.807, 2.05) is 6.92 Å². The molecule has 3 N–H and O–H groups in total. The van der Waals surface area contributed by atoms with E-state index in [4.69, 9.17) is 0 Å². The predicted molar refractivity (Wildman–Crippen MR) is 56.9 cm³/mol. The van der Waals surface area contributed by atoms with Crippen molar-refractivity contribution in [1.29, 1.82) is 0 Å². The molecule has 0 amide bonds. The van der Waals surface area contributed by atoms with E-state index in [2.05, 4.69) is 17.6 Å². The van der Waals surface area contributed by atoms with E-state index in [0.717, 1.165) is 26.1 Å². The van der Waals surface area contributed by atoms with Crippen LogP contribution in [0.25, 0.3) is 0 Å². The summed E-state index contributed by atoms with van der Waals surface area (Å²) in [6.07, 6.45) is 3.14. The molecule has 0 saturated heterocycles. The van der Waals surface area contributed by atoms with Gasteiger partial charge in [0.1, 0.15) is 0 Å². The lowest BCUT2D eigenvalue weighted by Gasteiger charge is -2.09. The third-order valence-electron chi connectivity index (χ3n) is 2.04. The second-order valence-electron chi connectivity index (χ2n) is 3.37. The summed E-state index contributed by atoms with van der Waals surface area (Å²) in [5.41, 5.74) is 0. The molecule has 3 heteroatoms. The molecule has 1 atom stereocenters. The van der Waals surface area contributed by atoms with Gasteiger partial charge in [0.05, 0.1) is 6.10 Å². The molecule has 0 rings (SSSR count). The first-order valence-corrected chi connectivity index (χ1v) is 5.40. The molecule has 0 heterocycles. The molecule has 13 heavy (non-hydrogen) atoms. The number of aliphatic hydroxyl groups excluding tert-OH is 1. The highest BCUT2D eigenvalue weighted by molar-refractivity contribution is 4.58. The summed E-state index contributed by atoms with van der Waals surface area (Å²) in [6.45, 7) is 7.95. The Morgan fingerprint density at radius 2 is 1.77 bits per heavy atom. The first-order valence-electron chi connectivity index (χ1n) is 5.40. The third-order valence-corrected chi connectivity index (χ3v) is 2.04. The quantitative estimate of drug-likeness (QED) is 0.468. The summed E-state index contributed by atoms with van der Waals surface area (Å²) < 4.78 is 0. The largest absolute Gasteiger partial charge is 0.392 e. The molecule has 1 unspecified atom stereocenters. The minimum Gasteiger partial charge on any atom is -0.392 e. The number of unbranched alkanes of at least 4 members (excludes halogenated alkanes) is 1. The predicted octanol–water partition coefficient (Wildman–Crippen LogP) is 0.737. The van der Waals surface area contributed by atoms with Crippen LogP contribution in [0.5, 0.6) is 0 Å². The van der Waals surface area contributed by atoms with Gasteiger partial charge in [-0.1, -0.05) is 20.3 Å². The molecule has 0 bridgehead atoms. The van der Waals surface area contributed by atoms with E-state index in [1.54, 1.807) is 0 Å². The van der Waals surface area contributed by atoms with Crippen molar-refractivity contribution < 1.29 is 5.11 Å². The first kappa shape index (κ1) is 12.9. The Labute approximate surface area is 81.9 Å². The topological polar surface area (TPSA) is 44.3 Å². The van der Waals surface area contributed by atoms with Gasteiger partial charge in [-0.05, 0) is 19.4 Å². The average Bonchev–Trinajstić information content (AvgIpc) is 2.16. The van der Waals surface area contributed by atoms with Crippen molar-refractivity contribution in [2.24, 2.45) is 0 Å². The zero-order valence-corrected chi connectivity index (χ0v) is 8.97. The van der Waals surface area contributed by atoms with Crippen molar-refractivity contribution in [3.8, 4) is 0 Å². The Morgan fingerprint density at radius 3 is 2.38 bits per heavy atom. The molecule has 0 spiro atoms. The second-order valence-corrected chi connectivity index (χ2v) is 3.37. The highest BCUT2D eigenvalue weighted by Gasteiger charge is 1.97. The molecule has 3 nitrogen and oxygen atoms in total. The van der Waals surface area contributed by atoms with E-state index in [-0.39, 0.29) is 6.10 Å². The van der Waals surface area contributed by atoms with Crippen LogP contribution in [0.3, 0.4) is 0 Å². The van der Waals surface area contributed by atoms with E-state index < -0.39 is 0 Å². The van der Waals surface area contributed by atoms with Crippen LogP contribution >= 0.6 is 0 Å². The minimum absolute atomic E-state index is 0.185. The van der Waals surface area contributed by atoms with E-state index in [0.29, 0.717) is 6.54 Å². The number of hydrogen-bond acceptors (Lipinski definition) is 3. The van der Waals surface area contributed by atoms with Crippen LogP contribution < -0.4 is 10.6 Å². The Kier molecular flexibility index (Phi) is 9.87.